The lowest BCUT2D eigenvalue weighted by Gasteiger charge is -2.34. The van der Waals surface area contributed by atoms with Gasteiger partial charge in [-0.2, -0.15) is 0 Å². The summed E-state index contributed by atoms with van der Waals surface area (Å²) < 4.78 is 48.5. The number of nitrogens with zero attached hydrogens (tertiary/aromatic N) is 1. The van der Waals surface area contributed by atoms with Gasteiger partial charge in [0.2, 0.25) is 0 Å². The topological polar surface area (TPSA) is 108 Å². The van der Waals surface area contributed by atoms with E-state index in [4.69, 9.17) is 9.16 Å². The molecule has 0 aromatic heterocycles. The van der Waals surface area contributed by atoms with Crippen LogP contribution in [0.3, 0.4) is 0 Å². The van der Waals surface area contributed by atoms with Crippen molar-refractivity contribution < 1.29 is 32.2 Å². The average molecular weight is 592 g/mol. The van der Waals surface area contributed by atoms with Crippen LogP contribution in [0.15, 0.2) is 40.9 Å². The van der Waals surface area contributed by atoms with E-state index in [0.717, 1.165) is 22.4 Å². The summed E-state index contributed by atoms with van der Waals surface area (Å²) in [5.41, 5.74) is 0.802. The Morgan fingerprint density at radius 3 is 2.43 bits per heavy atom. The Hall–Kier alpha value is -1.99. The summed E-state index contributed by atoms with van der Waals surface area (Å²) in [4.78, 5) is 12.5. The molecule has 0 bridgehead atoms. The van der Waals surface area contributed by atoms with Crippen LogP contribution in [0.4, 0.5) is 10.1 Å². The zero-order valence-electron chi connectivity index (χ0n) is 20.2. The third-order valence-corrected chi connectivity index (χ3v) is 11.8. The van der Waals surface area contributed by atoms with Crippen molar-refractivity contribution in [3.63, 3.8) is 0 Å². The van der Waals surface area contributed by atoms with E-state index < -0.39 is 37.4 Å². The number of anilines is 1. The molecule has 12 heteroatoms. The number of hydrogen-bond acceptors (Lipinski definition) is 5. The second-order valence-electron chi connectivity index (χ2n) is 7.99. The molecule has 194 valence electrons. The maximum absolute atomic E-state index is 14.0. The number of phenols is 1. The summed E-state index contributed by atoms with van der Waals surface area (Å²) >= 11 is 0.841. The molecule has 2 unspecified atom stereocenters. The van der Waals surface area contributed by atoms with Crippen molar-refractivity contribution >= 4 is 47.1 Å². The second kappa shape index (κ2) is 13.4. The maximum atomic E-state index is 14.0. The van der Waals surface area contributed by atoms with E-state index in [0.29, 0.717) is 10.0 Å². The molecule has 0 aliphatic heterocycles. The zero-order valence-corrected chi connectivity index (χ0v) is 23.6. The Balaban J connectivity index is 2.22. The standard InChI is InChI=1S/C23H32BrFN2O6SSi/c1-5-35(6-2,7-3)33-22(16-8-10-20(28)19(12-16)27(4)34(30)31)14-26-23(29)15-32-21-11-9-17(24)13-18(21)25/h8-13,22,28H,5-7,14-15H2,1-4H3,(H,26,29)(H,30,31). The van der Waals surface area contributed by atoms with E-state index in [2.05, 4.69) is 42.0 Å². The average Bonchev–Trinajstić information content (AvgIpc) is 2.84. The number of benzene rings is 2. The molecule has 3 N–H and O–H groups in total. The van der Waals surface area contributed by atoms with Gasteiger partial charge in [0.1, 0.15) is 5.75 Å². The van der Waals surface area contributed by atoms with Gasteiger partial charge in [0.15, 0.2) is 26.5 Å². The third kappa shape index (κ3) is 8.00. The van der Waals surface area contributed by atoms with E-state index >= 15 is 0 Å². The quantitative estimate of drug-likeness (QED) is 0.220. The van der Waals surface area contributed by atoms with Crippen LogP contribution in [0, 0.1) is 5.82 Å². The minimum atomic E-state index is -2.33. The minimum absolute atomic E-state index is 0.0336. The third-order valence-electron chi connectivity index (χ3n) is 6.01. The fraction of sp³-hybridized carbons (Fsp3) is 0.435. The number of carbonyl (C=O) groups is 1. The van der Waals surface area contributed by atoms with Gasteiger partial charge in [-0.1, -0.05) is 42.8 Å². The number of rotatable bonds is 13. The van der Waals surface area contributed by atoms with Gasteiger partial charge >= 0.3 is 0 Å². The highest BCUT2D eigenvalue weighted by Gasteiger charge is 2.33. The molecule has 0 aliphatic rings. The molecule has 0 heterocycles. The van der Waals surface area contributed by atoms with Crippen LogP contribution < -0.4 is 14.4 Å². The molecule has 0 aliphatic carbocycles. The molecule has 2 aromatic rings. The van der Waals surface area contributed by atoms with Crippen molar-refractivity contribution in [3.8, 4) is 11.5 Å². The Morgan fingerprint density at radius 2 is 1.86 bits per heavy atom. The number of hydrogen-bond donors (Lipinski definition) is 3. The largest absolute Gasteiger partial charge is 0.506 e. The van der Waals surface area contributed by atoms with Gasteiger partial charge in [-0.25, -0.2) is 8.60 Å². The van der Waals surface area contributed by atoms with Crippen molar-refractivity contribution in [1.29, 1.82) is 0 Å². The lowest BCUT2D eigenvalue weighted by atomic mass is 10.1. The summed E-state index contributed by atoms with van der Waals surface area (Å²) in [5, 5.41) is 13.0. The Bertz CT molecular complexity index is 1030. The number of carbonyl (C=O) groups excluding carboxylic acids is 1. The van der Waals surface area contributed by atoms with Gasteiger partial charge in [-0.05, 0) is 54.0 Å². The molecule has 0 radical (unpaired) electrons. The molecule has 0 saturated heterocycles. The van der Waals surface area contributed by atoms with Gasteiger partial charge < -0.3 is 19.6 Å². The molecule has 0 fully saturated rings. The number of ether oxygens (including phenoxy) is 1. The minimum Gasteiger partial charge on any atom is -0.506 e. The van der Waals surface area contributed by atoms with Crippen LogP contribution >= 0.6 is 15.9 Å². The van der Waals surface area contributed by atoms with Crippen molar-refractivity contribution in [3.05, 3.63) is 52.3 Å². The Morgan fingerprint density at radius 1 is 1.20 bits per heavy atom. The Kier molecular flexibility index (Phi) is 11.2. The Labute approximate surface area is 217 Å². The predicted molar refractivity (Wildman–Crippen MR) is 141 cm³/mol. The van der Waals surface area contributed by atoms with Crippen molar-refractivity contribution in [2.24, 2.45) is 0 Å². The number of phenolic OH excluding ortho intramolecular Hbond substituents is 1. The van der Waals surface area contributed by atoms with Crippen molar-refractivity contribution in [2.45, 2.75) is 45.0 Å². The molecular weight excluding hydrogens is 559 g/mol. The molecule has 8 nitrogen and oxygen atoms in total. The van der Waals surface area contributed by atoms with Gasteiger partial charge in [0.05, 0.1) is 11.8 Å². The van der Waals surface area contributed by atoms with Crippen LogP contribution in [0.25, 0.3) is 0 Å². The first-order chi connectivity index (χ1) is 16.6. The predicted octanol–water partition coefficient (Wildman–Crippen LogP) is 5.12. The summed E-state index contributed by atoms with van der Waals surface area (Å²) in [7, 11) is -0.738. The smallest absolute Gasteiger partial charge is 0.261 e. The molecule has 0 saturated carbocycles. The van der Waals surface area contributed by atoms with Gasteiger partial charge in [0.25, 0.3) is 17.2 Å². The monoisotopic (exact) mass is 590 g/mol. The first-order valence-corrected chi connectivity index (χ1v) is 15.6. The van der Waals surface area contributed by atoms with E-state index in [1.165, 1.54) is 25.2 Å². The summed E-state index contributed by atoms with van der Waals surface area (Å²) in [6.07, 6.45) is -0.560. The second-order valence-corrected chi connectivity index (χ2v) is 14.6. The van der Waals surface area contributed by atoms with Gasteiger partial charge in [-0.15, -0.1) is 0 Å². The van der Waals surface area contributed by atoms with Crippen LogP contribution in [-0.4, -0.2) is 48.3 Å². The lowest BCUT2D eigenvalue weighted by Crippen LogP contribution is -2.41. The molecule has 1 amide bonds. The zero-order chi connectivity index (χ0) is 26.2. The first kappa shape index (κ1) is 29.2. The van der Waals surface area contributed by atoms with Crippen LogP contribution in [0.2, 0.25) is 18.1 Å². The van der Waals surface area contributed by atoms with Gasteiger partial charge in [-0.3, -0.25) is 13.7 Å². The fourth-order valence-corrected chi connectivity index (χ4v) is 7.07. The summed E-state index contributed by atoms with van der Waals surface area (Å²) in [5.74, 6) is -1.23. The van der Waals surface area contributed by atoms with Gasteiger partial charge in [0, 0.05) is 18.1 Å². The van der Waals surface area contributed by atoms with E-state index in [9.17, 15) is 23.1 Å². The number of aromatic hydroxyl groups is 1. The molecule has 2 aromatic carbocycles. The highest BCUT2D eigenvalue weighted by molar-refractivity contribution is 9.10. The van der Waals surface area contributed by atoms with E-state index in [1.807, 2.05) is 0 Å². The fourth-order valence-electron chi connectivity index (χ4n) is 3.60. The molecule has 2 atom stereocenters. The molecular formula is C23H32BrFN2O6SSi. The highest BCUT2D eigenvalue weighted by atomic mass is 79.9. The van der Waals surface area contributed by atoms with Crippen molar-refractivity contribution in [1.82, 2.24) is 5.32 Å². The summed E-state index contributed by atoms with van der Waals surface area (Å²) in [6.45, 7) is 5.98. The van der Waals surface area contributed by atoms with Crippen LogP contribution in [-0.2, 0) is 20.5 Å². The van der Waals surface area contributed by atoms with E-state index in [1.54, 1.807) is 18.2 Å². The highest BCUT2D eigenvalue weighted by Crippen LogP contribution is 2.34. The van der Waals surface area contributed by atoms with Crippen LogP contribution in [0.1, 0.15) is 32.4 Å². The van der Waals surface area contributed by atoms with E-state index in [-0.39, 0.29) is 30.3 Å². The van der Waals surface area contributed by atoms with Crippen molar-refractivity contribution in [2.75, 3.05) is 24.5 Å². The number of nitrogens with one attached hydrogen (secondary N) is 1. The summed E-state index contributed by atoms with van der Waals surface area (Å²) in [6, 6.07) is 11.6. The lowest BCUT2D eigenvalue weighted by molar-refractivity contribution is -0.123. The number of halogens is 2. The molecule has 0 spiro atoms. The SMILES string of the molecule is CC[Si](CC)(CC)OC(CNC(=O)COc1ccc(Br)cc1F)c1ccc(O)c(N(C)S(=O)O)c1. The molecule has 2 rings (SSSR count). The van der Waals surface area contributed by atoms with Crippen LogP contribution in [0.5, 0.6) is 11.5 Å². The normalized spacial score (nSPS) is 13.2. The molecule has 35 heavy (non-hydrogen) atoms. The first-order valence-electron chi connectivity index (χ1n) is 11.3. The number of amides is 1. The maximum Gasteiger partial charge on any atom is 0.261 e.